The van der Waals surface area contributed by atoms with Gasteiger partial charge in [0.25, 0.3) is 0 Å². The highest BCUT2D eigenvalue weighted by Crippen LogP contribution is 2.10. The van der Waals surface area contributed by atoms with Crippen LogP contribution in [-0.4, -0.2) is 22.8 Å². The van der Waals surface area contributed by atoms with Crippen molar-refractivity contribution >= 4 is 17.6 Å². The zero-order chi connectivity index (χ0) is 20.7. The second kappa shape index (κ2) is 13.5. The van der Waals surface area contributed by atoms with Gasteiger partial charge in [0.2, 0.25) is 11.8 Å². The van der Waals surface area contributed by atoms with Crippen molar-refractivity contribution in [3.63, 3.8) is 0 Å². The molecule has 2 amide bonds. The molecule has 0 aliphatic carbocycles. The molecule has 1 heterocycles. The van der Waals surface area contributed by atoms with Crippen molar-refractivity contribution in [2.24, 2.45) is 0 Å². The molecular formula is C24H33N3O2. The molecule has 1 aromatic carbocycles. The maximum Gasteiger partial charge on any atom is 0.248 e. The Bertz CT molecular complexity index is 719. The summed E-state index contributed by atoms with van der Waals surface area (Å²) in [6, 6.07) is 14.4. The van der Waals surface area contributed by atoms with Crippen LogP contribution in [0, 0.1) is 0 Å². The normalized spacial score (nSPS) is 11.6. The lowest BCUT2D eigenvalue weighted by Gasteiger charge is -2.18. The van der Waals surface area contributed by atoms with Gasteiger partial charge in [0.05, 0.1) is 0 Å². The van der Waals surface area contributed by atoms with Crippen LogP contribution in [0.15, 0.2) is 54.7 Å². The fourth-order valence-electron chi connectivity index (χ4n) is 3.22. The van der Waals surface area contributed by atoms with E-state index in [0.29, 0.717) is 18.7 Å². The molecule has 2 aromatic rings. The molecule has 1 unspecified atom stereocenters. The minimum atomic E-state index is -0.628. The number of amides is 2. The number of hydrogen-bond donors (Lipinski definition) is 2. The number of nitrogens with one attached hydrogen (secondary N) is 2. The molecule has 0 aliphatic heterocycles. The highest BCUT2D eigenvalue weighted by molar-refractivity contribution is 5.96. The van der Waals surface area contributed by atoms with Gasteiger partial charge in [-0.1, -0.05) is 81.8 Å². The second-order valence-electron chi connectivity index (χ2n) is 7.39. The van der Waals surface area contributed by atoms with Crippen LogP contribution >= 0.6 is 0 Å². The summed E-state index contributed by atoms with van der Waals surface area (Å²) in [7, 11) is 0. The van der Waals surface area contributed by atoms with Crippen molar-refractivity contribution in [3.05, 3.63) is 60.3 Å². The standard InChI is InChI=1S/C24H33N3O2/c1-2-3-4-5-6-7-11-17-23(28)26-21(19-20-14-9-8-10-15-20)24(29)27-22-16-12-13-18-25-22/h8-10,12-16,18,21H,2-7,11,17,19H2,1H3,(H,26,28)(H,25,27,29). The van der Waals surface area contributed by atoms with Gasteiger partial charge in [-0.15, -0.1) is 0 Å². The van der Waals surface area contributed by atoms with Crippen LogP contribution in [-0.2, 0) is 16.0 Å². The monoisotopic (exact) mass is 395 g/mol. The summed E-state index contributed by atoms with van der Waals surface area (Å²) in [6.45, 7) is 2.21. The Hall–Kier alpha value is -2.69. The van der Waals surface area contributed by atoms with Crippen LogP contribution in [0.3, 0.4) is 0 Å². The number of nitrogens with zero attached hydrogens (tertiary/aromatic N) is 1. The van der Waals surface area contributed by atoms with Crippen LogP contribution < -0.4 is 10.6 Å². The van der Waals surface area contributed by atoms with Gasteiger partial charge >= 0.3 is 0 Å². The average Bonchev–Trinajstić information content (AvgIpc) is 2.74. The lowest BCUT2D eigenvalue weighted by molar-refractivity contribution is -0.126. The topological polar surface area (TPSA) is 71.1 Å². The number of benzene rings is 1. The van der Waals surface area contributed by atoms with Crippen molar-refractivity contribution < 1.29 is 9.59 Å². The number of unbranched alkanes of at least 4 members (excludes halogenated alkanes) is 6. The van der Waals surface area contributed by atoms with Gasteiger partial charge in [0.15, 0.2) is 0 Å². The fraction of sp³-hybridized carbons (Fsp3) is 0.458. The van der Waals surface area contributed by atoms with Gasteiger partial charge in [-0.05, 0) is 24.1 Å². The zero-order valence-electron chi connectivity index (χ0n) is 17.4. The summed E-state index contributed by atoms with van der Waals surface area (Å²) in [5.74, 6) is 0.160. The minimum Gasteiger partial charge on any atom is -0.344 e. The highest BCUT2D eigenvalue weighted by atomic mass is 16.2. The molecule has 0 saturated heterocycles. The summed E-state index contributed by atoms with van der Waals surface area (Å²) in [5.41, 5.74) is 1.00. The zero-order valence-corrected chi connectivity index (χ0v) is 17.4. The van der Waals surface area contributed by atoms with Crippen LogP contribution in [0.2, 0.25) is 0 Å². The maximum absolute atomic E-state index is 12.8. The van der Waals surface area contributed by atoms with E-state index in [1.165, 1.54) is 32.1 Å². The van der Waals surface area contributed by atoms with Gasteiger partial charge in [0.1, 0.15) is 11.9 Å². The molecule has 0 aliphatic rings. The van der Waals surface area contributed by atoms with Gasteiger partial charge in [-0.2, -0.15) is 0 Å². The van der Waals surface area contributed by atoms with Crippen LogP contribution in [0.25, 0.3) is 0 Å². The third-order valence-electron chi connectivity index (χ3n) is 4.86. The Labute approximate surface area is 174 Å². The first kappa shape index (κ1) is 22.6. The number of rotatable bonds is 13. The van der Waals surface area contributed by atoms with Crippen LogP contribution in [0.5, 0.6) is 0 Å². The highest BCUT2D eigenvalue weighted by Gasteiger charge is 2.21. The fourth-order valence-corrected chi connectivity index (χ4v) is 3.22. The van der Waals surface area contributed by atoms with E-state index in [2.05, 4.69) is 22.5 Å². The molecule has 0 radical (unpaired) electrons. The third-order valence-corrected chi connectivity index (χ3v) is 4.86. The predicted octanol–water partition coefficient (Wildman–Crippen LogP) is 4.89. The Morgan fingerprint density at radius 1 is 0.897 bits per heavy atom. The molecule has 0 spiro atoms. The van der Waals surface area contributed by atoms with Crippen LogP contribution in [0.4, 0.5) is 5.82 Å². The largest absolute Gasteiger partial charge is 0.344 e. The van der Waals surface area contributed by atoms with E-state index in [0.717, 1.165) is 18.4 Å². The van der Waals surface area contributed by atoms with E-state index in [9.17, 15) is 9.59 Å². The average molecular weight is 396 g/mol. The molecular weight excluding hydrogens is 362 g/mol. The summed E-state index contributed by atoms with van der Waals surface area (Å²) in [5, 5.41) is 5.72. The number of carbonyl (C=O) groups is 2. The van der Waals surface area contributed by atoms with Crippen LogP contribution in [0.1, 0.15) is 63.9 Å². The first-order valence-electron chi connectivity index (χ1n) is 10.7. The number of pyridine rings is 1. The van der Waals surface area contributed by atoms with E-state index < -0.39 is 6.04 Å². The number of aromatic nitrogens is 1. The van der Waals surface area contributed by atoms with Gasteiger partial charge in [0, 0.05) is 19.0 Å². The Kier molecular flexibility index (Phi) is 10.5. The van der Waals surface area contributed by atoms with E-state index in [4.69, 9.17) is 0 Å². The lowest BCUT2D eigenvalue weighted by Crippen LogP contribution is -2.45. The van der Waals surface area contributed by atoms with E-state index in [1.54, 1.807) is 18.3 Å². The first-order chi connectivity index (χ1) is 14.2. The molecule has 1 aromatic heterocycles. The molecule has 156 valence electrons. The van der Waals surface area contributed by atoms with E-state index in [1.807, 2.05) is 36.4 Å². The molecule has 5 heteroatoms. The van der Waals surface area contributed by atoms with E-state index in [-0.39, 0.29) is 11.8 Å². The predicted molar refractivity (Wildman–Crippen MR) is 118 cm³/mol. The summed E-state index contributed by atoms with van der Waals surface area (Å²) >= 11 is 0. The van der Waals surface area contributed by atoms with Crippen molar-refractivity contribution in [3.8, 4) is 0 Å². The molecule has 1 atom stereocenters. The maximum atomic E-state index is 12.8. The van der Waals surface area contributed by atoms with Crippen molar-refractivity contribution in [2.75, 3.05) is 5.32 Å². The molecule has 2 N–H and O–H groups in total. The summed E-state index contributed by atoms with van der Waals surface area (Å²) < 4.78 is 0. The number of carbonyl (C=O) groups excluding carboxylic acids is 2. The number of anilines is 1. The number of hydrogen-bond acceptors (Lipinski definition) is 3. The quantitative estimate of drug-likeness (QED) is 0.475. The van der Waals surface area contributed by atoms with Gasteiger partial charge < -0.3 is 10.6 Å². The molecule has 0 saturated carbocycles. The van der Waals surface area contributed by atoms with Crippen molar-refractivity contribution in [1.82, 2.24) is 10.3 Å². The third kappa shape index (κ3) is 9.37. The Balaban J connectivity index is 1.85. The Morgan fingerprint density at radius 3 is 2.28 bits per heavy atom. The minimum absolute atomic E-state index is 0.0735. The second-order valence-corrected chi connectivity index (χ2v) is 7.39. The lowest BCUT2D eigenvalue weighted by atomic mass is 10.0. The van der Waals surface area contributed by atoms with Crippen molar-refractivity contribution in [2.45, 2.75) is 70.8 Å². The van der Waals surface area contributed by atoms with Gasteiger partial charge in [-0.25, -0.2) is 4.98 Å². The van der Waals surface area contributed by atoms with Crippen molar-refractivity contribution in [1.29, 1.82) is 0 Å². The molecule has 0 bridgehead atoms. The van der Waals surface area contributed by atoms with E-state index >= 15 is 0 Å². The van der Waals surface area contributed by atoms with Gasteiger partial charge in [-0.3, -0.25) is 9.59 Å². The summed E-state index contributed by atoms with van der Waals surface area (Å²) in [6.07, 6.45) is 10.6. The molecule has 2 rings (SSSR count). The molecule has 5 nitrogen and oxygen atoms in total. The smallest absolute Gasteiger partial charge is 0.248 e. The molecule has 0 fully saturated rings. The molecule has 29 heavy (non-hydrogen) atoms. The Morgan fingerprint density at radius 2 is 1.59 bits per heavy atom. The summed E-state index contributed by atoms with van der Waals surface area (Å²) in [4.78, 5) is 29.3. The SMILES string of the molecule is CCCCCCCCCC(=O)NC(Cc1ccccc1)C(=O)Nc1ccccn1. The first-order valence-corrected chi connectivity index (χ1v) is 10.7.